The number of pyridine rings is 1. The van der Waals surface area contributed by atoms with E-state index < -0.39 is 0 Å². The number of nitrogens with zero attached hydrogens (tertiary/aromatic N) is 3. The first kappa shape index (κ1) is 13.7. The van der Waals surface area contributed by atoms with Crippen LogP contribution >= 0.6 is 11.6 Å². The minimum Gasteiger partial charge on any atom is -0.495 e. The Kier molecular flexibility index (Phi) is 3.71. The number of ether oxygens (including phenoxy) is 1. The molecule has 100 valence electrons. The first-order valence-electron chi connectivity index (χ1n) is 5.95. The summed E-state index contributed by atoms with van der Waals surface area (Å²) in [6.07, 6.45) is 1.64. The molecule has 0 unspecified atom stereocenters. The monoisotopic (exact) mass is 277 g/mol. The van der Waals surface area contributed by atoms with Gasteiger partial charge < -0.3 is 4.74 Å². The molecule has 2 heterocycles. The van der Waals surface area contributed by atoms with Crippen LogP contribution in [0.1, 0.15) is 26.5 Å². The molecule has 0 aliphatic heterocycles. The fourth-order valence-electron chi connectivity index (χ4n) is 1.55. The second-order valence-electron chi connectivity index (χ2n) is 5.23. The van der Waals surface area contributed by atoms with Crippen LogP contribution in [0.5, 0.6) is 5.75 Å². The van der Waals surface area contributed by atoms with E-state index in [0.29, 0.717) is 22.4 Å². The predicted molar refractivity (Wildman–Crippen MR) is 75.5 cm³/mol. The van der Waals surface area contributed by atoms with Gasteiger partial charge in [-0.2, -0.15) is 0 Å². The molecule has 0 fully saturated rings. The third-order valence-electron chi connectivity index (χ3n) is 2.66. The van der Waals surface area contributed by atoms with Gasteiger partial charge in [-0.1, -0.05) is 32.4 Å². The van der Waals surface area contributed by atoms with Gasteiger partial charge in [0.05, 0.1) is 19.0 Å². The lowest BCUT2D eigenvalue weighted by molar-refractivity contribution is 0.413. The van der Waals surface area contributed by atoms with Crippen LogP contribution in [0.15, 0.2) is 24.4 Å². The molecule has 19 heavy (non-hydrogen) atoms. The Balaban J connectivity index is 2.46. The van der Waals surface area contributed by atoms with Crippen molar-refractivity contribution < 1.29 is 4.74 Å². The average Bonchev–Trinajstić information content (AvgIpc) is 2.37. The number of rotatable bonds is 2. The van der Waals surface area contributed by atoms with Crippen molar-refractivity contribution in [3.05, 3.63) is 35.2 Å². The topological polar surface area (TPSA) is 47.9 Å². The van der Waals surface area contributed by atoms with Crippen molar-refractivity contribution in [2.75, 3.05) is 7.11 Å². The SMILES string of the molecule is COc1ccc(-c2nc(Cl)cc(C(C)(C)C)n2)nc1. The summed E-state index contributed by atoms with van der Waals surface area (Å²) in [7, 11) is 1.60. The molecule has 2 aromatic rings. The number of hydrogen-bond acceptors (Lipinski definition) is 4. The Bertz CT molecular complexity index is 576. The summed E-state index contributed by atoms with van der Waals surface area (Å²) in [5, 5.41) is 0.424. The number of halogens is 1. The molecule has 0 atom stereocenters. The van der Waals surface area contributed by atoms with E-state index >= 15 is 0 Å². The minimum absolute atomic E-state index is 0.0895. The van der Waals surface area contributed by atoms with Gasteiger partial charge in [0, 0.05) is 5.41 Å². The summed E-state index contributed by atoms with van der Waals surface area (Å²) in [6.45, 7) is 6.24. The zero-order valence-corrected chi connectivity index (χ0v) is 12.2. The molecule has 2 rings (SSSR count). The average molecular weight is 278 g/mol. The summed E-state index contributed by atoms with van der Waals surface area (Å²) < 4.78 is 5.08. The number of aromatic nitrogens is 3. The Labute approximate surface area is 117 Å². The molecule has 0 aromatic carbocycles. The minimum atomic E-state index is -0.0895. The van der Waals surface area contributed by atoms with Gasteiger partial charge in [0.2, 0.25) is 0 Å². The highest BCUT2D eigenvalue weighted by Gasteiger charge is 2.18. The van der Waals surface area contributed by atoms with Gasteiger partial charge >= 0.3 is 0 Å². The van der Waals surface area contributed by atoms with Crippen LogP contribution in [0, 0.1) is 0 Å². The van der Waals surface area contributed by atoms with Crippen LogP contribution in [-0.2, 0) is 5.41 Å². The van der Waals surface area contributed by atoms with Gasteiger partial charge in [0.15, 0.2) is 5.82 Å². The molecular formula is C14H16ClN3O. The molecule has 0 radical (unpaired) electrons. The largest absolute Gasteiger partial charge is 0.495 e. The van der Waals surface area contributed by atoms with Gasteiger partial charge in [-0.15, -0.1) is 0 Å². The van der Waals surface area contributed by atoms with Crippen molar-refractivity contribution in [1.82, 2.24) is 15.0 Å². The molecular weight excluding hydrogens is 262 g/mol. The van der Waals surface area contributed by atoms with Gasteiger partial charge in [0.25, 0.3) is 0 Å². The predicted octanol–water partition coefficient (Wildman–Crippen LogP) is 3.50. The van der Waals surface area contributed by atoms with E-state index in [0.717, 1.165) is 5.69 Å². The van der Waals surface area contributed by atoms with Crippen molar-refractivity contribution in [2.45, 2.75) is 26.2 Å². The zero-order chi connectivity index (χ0) is 14.0. The molecule has 0 saturated heterocycles. The molecule has 0 amide bonds. The first-order chi connectivity index (χ1) is 8.90. The number of hydrogen-bond donors (Lipinski definition) is 0. The highest BCUT2D eigenvalue weighted by molar-refractivity contribution is 6.29. The lowest BCUT2D eigenvalue weighted by Crippen LogP contribution is -2.14. The lowest BCUT2D eigenvalue weighted by atomic mass is 9.92. The smallest absolute Gasteiger partial charge is 0.179 e. The molecule has 2 aromatic heterocycles. The normalized spacial score (nSPS) is 11.4. The lowest BCUT2D eigenvalue weighted by Gasteiger charge is -2.18. The Morgan fingerprint density at radius 3 is 2.42 bits per heavy atom. The molecule has 5 heteroatoms. The van der Waals surface area contributed by atoms with E-state index in [2.05, 4.69) is 35.7 Å². The third kappa shape index (κ3) is 3.20. The quantitative estimate of drug-likeness (QED) is 0.788. The maximum absolute atomic E-state index is 6.06. The van der Waals surface area contributed by atoms with Crippen molar-refractivity contribution in [3.63, 3.8) is 0 Å². The molecule has 0 spiro atoms. The van der Waals surface area contributed by atoms with Crippen molar-refractivity contribution >= 4 is 11.6 Å². The summed E-state index contributed by atoms with van der Waals surface area (Å²) in [5.41, 5.74) is 1.47. The molecule has 0 aliphatic carbocycles. The van der Waals surface area contributed by atoms with Crippen LogP contribution in [0.3, 0.4) is 0 Å². The summed E-state index contributed by atoms with van der Waals surface area (Å²) >= 11 is 6.06. The van der Waals surface area contributed by atoms with Crippen molar-refractivity contribution in [1.29, 1.82) is 0 Å². The molecule has 0 N–H and O–H groups in total. The summed E-state index contributed by atoms with van der Waals surface area (Å²) in [4.78, 5) is 13.0. The molecule has 0 bridgehead atoms. The Hall–Kier alpha value is -1.68. The van der Waals surface area contributed by atoms with Gasteiger partial charge in [0.1, 0.15) is 16.6 Å². The van der Waals surface area contributed by atoms with E-state index in [1.807, 2.05) is 12.1 Å². The van der Waals surface area contributed by atoms with E-state index in [1.165, 1.54) is 0 Å². The van der Waals surface area contributed by atoms with Crippen LogP contribution in [0.4, 0.5) is 0 Å². The summed E-state index contributed by atoms with van der Waals surface area (Å²) in [6, 6.07) is 5.43. The second kappa shape index (κ2) is 5.13. The highest BCUT2D eigenvalue weighted by atomic mass is 35.5. The van der Waals surface area contributed by atoms with Gasteiger partial charge in [-0.25, -0.2) is 15.0 Å². The van der Waals surface area contributed by atoms with Gasteiger partial charge in [-0.3, -0.25) is 0 Å². The maximum Gasteiger partial charge on any atom is 0.179 e. The van der Waals surface area contributed by atoms with E-state index in [9.17, 15) is 0 Å². The molecule has 0 aliphatic rings. The van der Waals surface area contributed by atoms with E-state index in [1.54, 1.807) is 19.4 Å². The second-order valence-corrected chi connectivity index (χ2v) is 5.62. The summed E-state index contributed by atoms with van der Waals surface area (Å²) in [5.74, 6) is 1.22. The first-order valence-corrected chi connectivity index (χ1v) is 6.33. The van der Waals surface area contributed by atoms with Gasteiger partial charge in [-0.05, 0) is 18.2 Å². The van der Waals surface area contributed by atoms with Crippen LogP contribution < -0.4 is 4.74 Å². The standard InChI is InChI=1S/C14H16ClN3O/c1-14(2,3)11-7-12(15)18-13(17-11)10-6-5-9(19-4)8-16-10/h5-8H,1-4H3. The van der Waals surface area contributed by atoms with Crippen molar-refractivity contribution in [3.8, 4) is 17.3 Å². The fourth-order valence-corrected chi connectivity index (χ4v) is 1.73. The maximum atomic E-state index is 6.06. The van der Waals surface area contributed by atoms with E-state index in [-0.39, 0.29) is 5.41 Å². The van der Waals surface area contributed by atoms with Crippen LogP contribution in [-0.4, -0.2) is 22.1 Å². The van der Waals surface area contributed by atoms with Crippen molar-refractivity contribution in [2.24, 2.45) is 0 Å². The number of methoxy groups -OCH3 is 1. The zero-order valence-electron chi connectivity index (χ0n) is 11.4. The highest BCUT2D eigenvalue weighted by Crippen LogP contribution is 2.25. The van der Waals surface area contributed by atoms with Crippen LogP contribution in [0.2, 0.25) is 5.15 Å². The molecule has 4 nitrogen and oxygen atoms in total. The van der Waals surface area contributed by atoms with Crippen LogP contribution in [0.25, 0.3) is 11.5 Å². The Morgan fingerprint density at radius 2 is 1.89 bits per heavy atom. The fraction of sp³-hybridized carbons (Fsp3) is 0.357. The van der Waals surface area contributed by atoms with E-state index in [4.69, 9.17) is 16.3 Å². The Morgan fingerprint density at radius 1 is 1.16 bits per heavy atom. The molecule has 0 saturated carbocycles. The third-order valence-corrected chi connectivity index (χ3v) is 2.86.